The summed E-state index contributed by atoms with van der Waals surface area (Å²) in [5.41, 5.74) is 3.83. The largest absolute Gasteiger partial charge is 0.489 e. The SMILES string of the molecule is Fc1ccc(CCCN[C@H]2CC[C@H](c3ccc(OCc4ccccc4)cc3)CC2)cc1. The second-order valence-corrected chi connectivity index (χ2v) is 8.58. The molecule has 1 fully saturated rings. The summed E-state index contributed by atoms with van der Waals surface area (Å²) in [6.45, 7) is 1.64. The maximum Gasteiger partial charge on any atom is 0.123 e. The van der Waals surface area contributed by atoms with E-state index in [4.69, 9.17) is 4.74 Å². The van der Waals surface area contributed by atoms with Gasteiger partial charge >= 0.3 is 0 Å². The first kappa shape index (κ1) is 21.6. The molecular formula is C28H32FNO. The van der Waals surface area contributed by atoms with Gasteiger partial charge in [0.15, 0.2) is 0 Å². The molecule has 3 aromatic rings. The Morgan fingerprint density at radius 2 is 1.48 bits per heavy atom. The molecule has 0 spiro atoms. The quantitative estimate of drug-likeness (QED) is 0.393. The van der Waals surface area contributed by atoms with Crippen LogP contribution in [0.15, 0.2) is 78.9 Å². The Hall–Kier alpha value is -2.65. The van der Waals surface area contributed by atoms with E-state index in [2.05, 4.69) is 41.7 Å². The van der Waals surface area contributed by atoms with E-state index in [0.29, 0.717) is 18.6 Å². The summed E-state index contributed by atoms with van der Waals surface area (Å²) in [7, 11) is 0. The summed E-state index contributed by atoms with van der Waals surface area (Å²) >= 11 is 0. The minimum atomic E-state index is -0.159. The molecule has 0 radical (unpaired) electrons. The number of hydrogen-bond donors (Lipinski definition) is 1. The molecule has 0 atom stereocenters. The molecule has 3 heteroatoms. The van der Waals surface area contributed by atoms with Crippen LogP contribution in [-0.2, 0) is 13.0 Å². The smallest absolute Gasteiger partial charge is 0.123 e. The maximum absolute atomic E-state index is 13.0. The lowest BCUT2D eigenvalue weighted by Gasteiger charge is -2.29. The van der Waals surface area contributed by atoms with Gasteiger partial charge < -0.3 is 10.1 Å². The predicted octanol–water partition coefficient (Wildman–Crippen LogP) is 6.65. The molecule has 0 amide bonds. The van der Waals surface area contributed by atoms with Gasteiger partial charge in [0.2, 0.25) is 0 Å². The Morgan fingerprint density at radius 1 is 0.774 bits per heavy atom. The minimum absolute atomic E-state index is 0.159. The summed E-state index contributed by atoms with van der Waals surface area (Å²) < 4.78 is 18.9. The highest BCUT2D eigenvalue weighted by molar-refractivity contribution is 5.30. The monoisotopic (exact) mass is 417 g/mol. The first-order valence-corrected chi connectivity index (χ1v) is 11.5. The van der Waals surface area contributed by atoms with Gasteiger partial charge in [-0.1, -0.05) is 54.6 Å². The third-order valence-electron chi connectivity index (χ3n) is 6.32. The van der Waals surface area contributed by atoms with E-state index in [9.17, 15) is 4.39 Å². The van der Waals surface area contributed by atoms with E-state index in [1.807, 2.05) is 30.3 Å². The number of halogens is 1. The first-order chi connectivity index (χ1) is 15.3. The molecular weight excluding hydrogens is 385 g/mol. The van der Waals surface area contributed by atoms with E-state index < -0.39 is 0 Å². The van der Waals surface area contributed by atoms with E-state index in [1.165, 1.54) is 42.4 Å². The minimum Gasteiger partial charge on any atom is -0.489 e. The van der Waals surface area contributed by atoms with Crippen LogP contribution in [0, 0.1) is 5.82 Å². The second kappa shape index (κ2) is 11.1. The third-order valence-corrected chi connectivity index (χ3v) is 6.32. The fourth-order valence-corrected chi connectivity index (χ4v) is 4.46. The van der Waals surface area contributed by atoms with Gasteiger partial charge in [-0.2, -0.15) is 0 Å². The van der Waals surface area contributed by atoms with Crippen molar-refractivity contribution < 1.29 is 9.13 Å². The molecule has 1 N–H and O–H groups in total. The highest BCUT2D eigenvalue weighted by Crippen LogP contribution is 2.33. The molecule has 0 unspecified atom stereocenters. The fraction of sp³-hybridized carbons (Fsp3) is 0.357. The van der Waals surface area contributed by atoms with Crippen molar-refractivity contribution in [3.8, 4) is 5.75 Å². The molecule has 0 aliphatic heterocycles. The number of ether oxygens (including phenoxy) is 1. The van der Waals surface area contributed by atoms with Gasteiger partial charge in [-0.15, -0.1) is 0 Å². The molecule has 0 bridgehead atoms. The Morgan fingerprint density at radius 3 is 2.19 bits per heavy atom. The number of benzene rings is 3. The Bertz CT molecular complexity index is 900. The highest BCUT2D eigenvalue weighted by Gasteiger charge is 2.21. The van der Waals surface area contributed by atoms with Crippen LogP contribution >= 0.6 is 0 Å². The van der Waals surface area contributed by atoms with Crippen LogP contribution in [0.1, 0.15) is 54.7 Å². The molecule has 0 saturated heterocycles. The van der Waals surface area contributed by atoms with Crippen molar-refractivity contribution in [2.45, 2.75) is 57.1 Å². The summed E-state index contributed by atoms with van der Waals surface area (Å²) in [6.07, 6.45) is 7.03. The van der Waals surface area contributed by atoms with Gasteiger partial charge in [0.1, 0.15) is 18.2 Å². The number of hydrogen-bond acceptors (Lipinski definition) is 2. The lowest BCUT2D eigenvalue weighted by molar-refractivity contribution is 0.305. The second-order valence-electron chi connectivity index (χ2n) is 8.58. The summed E-state index contributed by atoms with van der Waals surface area (Å²) in [6, 6.07) is 26.5. The molecule has 0 heterocycles. The molecule has 0 aromatic heterocycles. The van der Waals surface area contributed by atoms with Crippen molar-refractivity contribution in [2.24, 2.45) is 0 Å². The van der Waals surface area contributed by atoms with Crippen molar-refractivity contribution in [3.63, 3.8) is 0 Å². The lowest BCUT2D eigenvalue weighted by atomic mass is 9.81. The number of rotatable bonds is 9. The van der Waals surface area contributed by atoms with Gasteiger partial charge in [0.25, 0.3) is 0 Å². The third kappa shape index (κ3) is 6.67. The van der Waals surface area contributed by atoms with Crippen molar-refractivity contribution in [1.82, 2.24) is 5.32 Å². The molecule has 3 aromatic carbocycles. The van der Waals surface area contributed by atoms with Crippen LogP contribution in [0.2, 0.25) is 0 Å². The lowest BCUT2D eigenvalue weighted by Crippen LogP contribution is -2.33. The fourth-order valence-electron chi connectivity index (χ4n) is 4.46. The predicted molar refractivity (Wildman–Crippen MR) is 125 cm³/mol. The van der Waals surface area contributed by atoms with Crippen LogP contribution in [0.5, 0.6) is 5.75 Å². The Kier molecular flexibility index (Phi) is 7.73. The Labute approximate surface area is 185 Å². The van der Waals surface area contributed by atoms with Crippen molar-refractivity contribution in [3.05, 3.63) is 101 Å². The van der Waals surface area contributed by atoms with E-state index in [0.717, 1.165) is 25.1 Å². The van der Waals surface area contributed by atoms with E-state index in [-0.39, 0.29) is 5.82 Å². The highest BCUT2D eigenvalue weighted by atomic mass is 19.1. The topological polar surface area (TPSA) is 21.3 Å². The van der Waals surface area contributed by atoms with Gasteiger partial charge in [-0.3, -0.25) is 0 Å². The average molecular weight is 418 g/mol. The Balaban J connectivity index is 1.15. The zero-order valence-electron chi connectivity index (χ0n) is 18.1. The zero-order valence-corrected chi connectivity index (χ0v) is 18.1. The standard InChI is InChI=1S/C28H32FNO/c29-26-14-8-22(9-15-26)7-4-20-30-27-16-10-24(11-17-27)25-12-18-28(19-13-25)31-21-23-5-2-1-3-6-23/h1-3,5-6,8-9,12-15,18-19,24,27,30H,4,7,10-11,16-17,20-21H2/t24-,27-. The molecule has 1 saturated carbocycles. The summed E-state index contributed by atoms with van der Waals surface area (Å²) in [4.78, 5) is 0. The van der Waals surface area contributed by atoms with E-state index in [1.54, 1.807) is 12.1 Å². The molecule has 162 valence electrons. The van der Waals surface area contributed by atoms with Crippen LogP contribution in [0.4, 0.5) is 4.39 Å². The van der Waals surface area contributed by atoms with E-state index >= 15 is 0 Å². The normalized spacial score (nSPS) is 18.6. The molecule has 4 rings (SSSR count). The summed E-state index contributed by atoms with van der Waals surface area (Å²) in [5.74, 6) is 1.43. The van der Waals surface area contributed by atoms with Crippen LogP contribution < -0.4 is 10.1 Å². The first-order valence-electron chi connectivity index (χ1n) is 11.5. The van der Waals surface area contributed by atoms with Crippen molar-refractivity contribution in [2.75, 3.05) is 6.54 Å². The van der Waals surface area contributed by atoms with Crippen LogP contribution in [0.3, 0.4) is 0 Å². The van der Waals surface area contributed by atoms with Gasteiger partial charge in [-0.25, -0.2) is 4.39 Å². The maximum atomic E-state index is 13.0. The summed E-state index contributed by atoms with van der Waals surface area (Å²) in [5, 5.41) is 3.72. The van der Waals surface area contributed by atoms with Gasteiger partial charge in [0, 0.05) is 6.04 Å². The number of aryl methyl sites for hydroxylation is 1. The molecule has 31 heavy (non-hydrogen) atoms. The zero-order chi connectivity index (χ0) is 21.3. The molecule has 2 nitrogen and oxygen atoms in total. The molecule has 1 aliphatic rings. The van der Waals surface area contributed by atoms with Crippen LogP contribution in [0.25, 0.3) is 0 Å². The van der Waals surface area contributed by atoms with Gasteiger partial charge in [-0.05, 0) is 91.9 Å². The number of nitrogens with one attached hydrogen (secondary N) is 1. The van der Waals surface area contributed by atoms with Crippen LogP contribution in [-0.4, -0.2) is 12.6 Å². The van der Waals surface area contributed by atoms with Gasteiger partial charge in [0.05, 0.1) is 0 Å². The van der Waals surface area contributed by atoms with Crippen molar-refractivity contribution in [1.29, 1.82) is 0 Å². The molecule has 1 aliphatic carbocycles. The average Bonchev–Trinajstić information content (AvgIpc) is 2.83. The van der Waals surface area contributed by atoms with Crippen molar-refractivity contribution >= 4 is 0 Å².